The van der Waals surface area contributed by atoms with Crippen LogP contribution in [0.1, 0.15) is 23.1 Å². The van der Waals surface area contributed by atoms with Gasteiger partial charge in [-0.1, -0.05) is 41.4 Å². The Morgan fingerprint density at radius 3 is 2.57 bits per heavy atom. The minimum absolute atomic E-state index is 0.0980. The van der Waals surface area contributed by atoms with E-state index in [4.69, 9.17) is 21.4 Å². The third-order valence-corrected chi connectivity index (χ3v) is 3.38. The predicted octanol–water partition coefficient (Wildman–Crippen LogP) is 4.24. The Morgan fingerprint density at radius 2 is 1.90 bits per heavy atom. The van der Waals surface area contributed by atoms with Gasteiger partial charge in [-0.2, -0.15) is 0 Å². The Balaban J connectivity index is 2.07. The molecule has 0 spiro atoms. The van der Waals surface area contributed by atoms with E-state index in [0.29, 0.717) is 18.1 Å². The normalized spacial score (nSPS) is 10.4. The number of carboxylic acid groups (broad SMARTS) is 1. The van der Waals surface area contributed by atoms with Crippen molar-refractivity contribution in [1.29, 1.82) is 0 Å². The van der Waals surface area contributed by atoms with Gasteiger partial charge in [0, 0.05) is 11.4 Å². The maximum Gasteiger partial charge on any atom is 0.303 e. The maximum absolute atomic E-state index is 10.7. The number of carboxylic acids is 1. The average molecular weight is 305 g/mol. The number of carbonyl (C=O) groups is 1. The zero-order valence-corrected chi connectivity index (χ0v) is 12.6. The van der Waals surface area contributed by atoms with Crippen molar-refractivity contribution in [2.24, 2.45) is 0 Å². The lowest BCUT2D eigenvalue weighted by atomic mass is 10.1. The van der Waals surface area contributed by atoms with Gasteiger partial charge in [0.05, 0.1) is 0 Å². The minimum Gasteiger partial charge on any atom is -0.489 e. The lowest BCUT2D eigenvalue weighted by Gasteiger charge is -2.12. The first kappa shape index (κ1) is 15.4. The molecule has 2 aromatic rings. The molecule has 0 aromatic heterocycles. The van der Waals surface area contributed by atoms with E-state index in [2.05, 4.69) is 0 Å². The molecule has 0 aliphatic rings. The van der Waals surface area contributed by atoms with Crippen LogP contribution in [0.3, 0.4) is 0 Å². The molecule has 0 heterocycles. The van der Waals surface area contributed by atoms with Crippen molar-refractivity contribution in [3.8, 4) is 5.75 Å². The second kappa shape index (κ2) is 7.14. The van der Waals surface area contributed by atoms with E-state index >= 15 is 0 Å². The summed E-state index contributed by atoms with van der Waals surface area (Å²) in [4.78, 5) is 10.7. The summed E-state index contributed by atoms with van der Waals surface area (Å²) >= 11 is 5.85. The molecule has 0 saturated carbocycles. The molecule has 0 unspecified atom stereocenters. The summed E-state index contributed by atoms with van der Waals surface area (Å²) in [5, 5.41) is 9.51. The van der Waals surface area contributed by atoms with E-state index in [1.807, 2.05) is 49.4 Å². The Hall–Kier alpha value is -2.00. The zero-order chi connectivity index (χ0) is 15.2. The largest absolute Gasteiger partial charge is 0.489 e. The van der Waals surface area contributed by atoms with E-state index in [1.54, 1.807) is 0 Å². The van der Waals surface area contributed by atoms with Crippen molar-refractivity contribution in [2.75, 3.05) is 0 Å². The number of ether oxygens (including phenoxy) is 1. The molecular weight excluding hydrogens is 288 g/mol. The summed E-state index contributed by atoms with van der Waals surface area (Å²) in [6.45, 7) is 2.41. The van der Waals surface area contributed by atoms with Crippen LogP contribution in [0.4, 0.5) is 0 Å². The highest BCUT2D eigenvalue weighted by Crippen LogP contribution is 2.23. The summed E-state index contributed by atoms with van der Waals surface area (Å²) in [5.74, 6) is -0.0723. The van der Waals surface area contributed by atoms with Crippen molar-refractivity contribution in [2.45, 2.75) is 26.4 Å². The first-order chi connectivity index (χ1) is 10.0. The highest BCUT2D eigenvalue weighted by Gasteiger charge is 2.07. The third-order valence-electron chi connectivity index (χ3n) is 3.13. The summed E-state index contributed by atoms with van der Waals surface area (Å²) in [6.07, 6.45) is 0.563. The van der Waals surface area contributed by atoms with Crippen LogP contribution in [0, 0.1) is 6.92 Å². The topological polar surface area (TPSA) is 46.5 Å². The van der Waals surface area contributed by atoms with Gasteiger partial charge in [0.15, 0.2) is 0 Å². The summed E-state index contributed by atoms with van der Waals surface area (Å²) in [5.41, 5.74) is 3.03. The number of aliphatic carboxylic acids is 1. The van der Waals surface area contributed by atoms with Gasteiger partial charge in [-0.05, 0) is 42.7 Å². The predicted molar refractivity (Wildman–Crippen MR) is 82.9 cm³/mol. The second-order valence-corrected chi connectivity index (χ2v) is 5.36. The monoisotopic (exact) mass is 304 g/mol. The summed E-state index contributed by atoms with van der Waals surface area (Å²) in [6, 6.07) is 13.3. The van der Waals surface area contributed by atoms with Gasteiger partial charge < -0.3 is 9.84 Å². The molecule has 1 N–H and O–H groups in total. The molecule has 21 heavy (non-hydrogen) atoms. The zero-order valence-electron chi connectivity index (χ0n) is 11.8. The molecule has 110 valence electrons. The van der Waals surface area contributed by atoms with Crippen LogP contribution in [0.2, 0.25) is 5.02 Å². The van der Waals surface area contributed by atoms with Gasteiger partial charge in [0.1, 0.15) is 12.4 Å². The van der Waals surface area contributed by atoms with Crippen LogP contribution in [-0.2, 0) is 17.8 Å². The molecule has 2 aromatic carbocycles. The number of aryl methyl sites for hydroxylation is 2. The van der Waals surface area contributed by atoms with E-state index in [1.165, 1.54) is 0 Å². The highest BCUT2D eigenvalue weighted by atomic mass is 35.5. The van der Waals surface area contributed by atoms with Crippen molar-refractivity contribution in [3.63, 3.8) is 0 Å². The molecule has 0 atom stereocenters. The maximum atomic E-state index is 10.7. The molecule has 0 radical (unpaired) electrons. The second-order valence-electron chi connectivity index (χ2n) is 4.92. The lowest BCUT2D eigenvalue weighted by molar-refractivity contribution is -0.136. The van der Waals surface area contributed by atoms with Crippen LogP contribution in [0.25, 0.3) is 0 Å². The van der Waals surface area contributed by atoms with Crippen LogP contribution < -0.4 is 4.74 Å². The molecule has 4 heteroatoms. The van der Waals surface area contributed by atoms with Gasteiger partial charge in [-0.3, -0.25) is 4.79 Å². The number of halogens is 1. The van der Waals surface area contributed by atoms with Gasteiger partial charge >= 0.3 is 5.97 Å². The number of hydrogen-bond acceptors (Lipinski definition) is 2. The number of benzene rings is 2. The van der Waals surface area contributed by atoms with Gasteiger partial charge in [-0.25, -0.2) is 0 Å². The standard InChI is InChI=1S/C17H17ClO3/c1-12-2-8-16(14(10-12)5-9-17(19)20)21-11-13-3-6-15(18)7-4-13/h2-4,6-8,10H,5,9,11H2,1H3,(H,19,20). The van der Waals surface area contributed by atoms with Crippen molar-refractivity contribution >= 4 is 17.6 Å². The van der Waals surface area contributed by atoms with Gasteiger partial charge in [0.25, 0.3) is 0 Å². The minimum atomic E-state index is -0.805. The smallest absolute Gasteiger partial charge is 0.303 e. The quantitative estimate of drug-likeness (QED) is 0.868. The summed E-state index contributed by atoms with van der Waals surface area (Å²) in [7, 11) is 0. The van der Waals surface area contributed by atoms with Crippen molar-refractivity contribution in [3.05, 3.63) is 64.2 Å². The fraction of sp³-hybridized carbons (Fsp3) is 0.235. The molecule has 0 amide bonds. The van der Waals surface area contributed by atoms with E-state index in [0.717, 1.165) is 22.4 Å². The molecule has 0 saturated heterocycles. The fourth-order valence-corrected chi connectivity index (χ4v) is 2.15. The molecule has 0 bridgehead atoms. The van der Waals surface area contributed by atoms with E-state index < -0.39 is 5.97 Å². The Kier molecular flexibility index (Phi) is 5.23. The molecule has 2 rings (SSSR count). The van der Waals surface area contributed by atoms with Crippen molar-refractivity contribution in [1.82, 2.24) is 0 Å². The lowest BCUT2D eigenvalue weighted by Crippen LogP contribution is -2.02. The van der Waals surface area contributed by atoms with Crippen LogP contribution in [0.15, 0.2) is 42.5 Å². The first-order valence-corrected chi connectivity index (χ1v) is 7.11. The number of rotatable bonds is 6. The van der Waals surface area contributed by atoms with E-state index in [-0.39, 0.29) is 6.42 Å². The average Bonchev–Trinajstić information content (AvgIpc) is 2.45. The molecule has 0 aliphatic carbocycles. The third kappa shape index (κ3) is 4.80. The Morgan fingerprint density at radius 1 is 1.19 bits per heavy atom. The molecule has 3 nitrogen and oxygen atoms in total. The highest BCUT2D eigenvalue weighted by molar-refractivity contribution is 6.30. The Labute approximate surface area is 129 Å². The fourth-order valence-electron chi connectivity index (χ4n) is 2.03. The van der Waals surface area contributed by atoms with Crippen LogP contribution in [0.5, 0.6) is 5.75 Å². The molecular formula is C17H17ClO3. The molecule has 0 aliphatic heterocycles. The van der Waals surface area contributed by atoms with Crippen LogP contribution >= 0.6 is 11.6 Å². The SMILES string of the molecule is Cc1ccc(OCc2ccc(Cl)cc2)c(CCC(=O)O)c1. The number of hydrogen-bond donors (Lipinski definition) is 1. The van der Waals surface area contributed by atoms with E-state index in [9.17, 15) is 4.79 Å². The van der Waals surface area contributed by atoms with Gasteiger partial charge in [0.2, 0.25) is 0 Å². The van der Waals surface area contributed by atoms with Crippen molar-refractivity contribution < 1.29 is 14.6 Å². The van der Waals surface area contributed by atoms with Crippen LogP contribution in [-0.4, -0.2) is 11.1 Å². The molecule has 0 fully saturated rings. The first-order valence-electron chi connectivity index (χ1n) is 6.73. The summed E-state index contributed by atoms with van der Waals surface area (Å²) < 4.78 is 5.81. The van der Waals surface area contributed by atoms with Gasteiger partial charge in [-0.15, -0.1) is 0 Å². The Bertz CT molecular complexity index is 620.